The fourth-order valence-electron chi connectivity index (χ4n) is 2.34. The zero-order valence-corrected chi connectivity index (χ0v) is 9.99. The normalized spacial score (nSPS) is 28.5. The standard InChI is InChI=1S/C13H21NO/c1-9(2)12(8-14)13(15)11-6-4-10(3)5-7-11/h9-12H,4-7H2,1-3H3. The highest BCUT2D eigenvalue weighted by Crippen LogP contribution is 2.31. The van der Waals surface area contributed by atoms with E-state index in [-0.39, 0.29) is 23.5 Å². The molecule has 1 saturated carbocycles. The second-order valence-corrected chi connectivity index (χ2v) is 5.21. The van der Waals surface area contributed by atoms with E-state index in [0.29, 0.717) is 0 Å². The van der Waals surface area contributed by atoms with Gasteiger partial charge in [0.25, 0.3) is 0 Å². The largest absolute Gasteiger partial charge is 0.298 e. The lowest BCUT2D eigenvalue weighted by molar-refractivity contribution is -0.127. The molecule has 0 spiro atoms. The molecule has 0 radical (unpaired) electrons. The minimum atomic E-state index is -0.386. The molecule has 1 atom stereocenters. The van der Waals surface area contributed by atoms with E-state index in [9.17, 15) is 4.79 Å². The number of hydrogen-bond acceptors (Lipinski definition) is 2. The van der Waals surface area contributed by atoms with Crippen molar-refractivity contribution in [3.8, 4) is 6.07 Å². The number of carbonyl (C=O) groups excluding carboxylic acids is 1. The molecular formula is C13H21NO. The Balaban J connectivity index is 2.57. The summed E-state index contributed by atoms with van der Waals surface area (Å²) in [6, 6.07) is 2.16. The number of ketones is 1. The molecule has 0 aromatic heterocycles. The molecule has 0 heterocycles. The lowest BCUT2D eigenvalue weighted by Crippen LogP contribution is -2.29. The quantitative estimate of drug-likeness (QED) is 0.713. The number of Topliss-reactive ketones (excluding diaryl/α,β-unsaturated/α-hetero) is 1. The van der Waals surface area contributed by atoms with Crippen LogP contribution >= 0.6 is 0 Å². The van der Waals surface area contributed by atoms with E-state index in [1.807, 2.05) is 13.8 Å². The molecule has 0 aliphatic heterocycles. The summed E-state index contributed by atoms with van der Waals surface area (Å²) in [6.45, 7) is 6.15. The number of hydrogen-bond donors (Lipinski definition) is 0. The minimum absolute atomic E-state index is 0.154. The average molecular weight is 207 g/mol. The highest BCUT2D eigenvalue weighted by Gasteiger charge is 2.31. The van der Waals surface area contributed by atoms with Gasteiger partial charge in [-0.1, -0.05) is 33.6 Å². The number of nitriles is 1. The predicted octanol–water partition coefficient (Wildman–Crippen LogP) is 3.18. The van der Waals surface area contributed by atoms with Crippen molar-refractivity contribution in [3.05, 3.63) is 0 Å². The van der Waals surface area contributed by atoms with Crippen molar-refractivity contribution in [1.29, 1.82) is 5.26 Å². The van der Waals surface area contributed by atoms with Crippen LogP contribution < -0.4 is 0 Å². The third-order valence-electron chi connectivity index (χ3n) is 3.53. The average Bonchev–Trinajstić information content (AvgIpc) is 2.19. The van der Waals surface area contributed by atoms with E-state index in [4.69, 9.17) is 5.26 Å². The van der Waals surface area contributed by atoms with E-state index in [1.165, 1.54) is 0 Å². The van der Waals surface area contributed by atoms with Gasteiger partial charge in [-0.2, -0.15) is 5.26 Å². The first kappa shape index (κ1) is 12.2. The first-order valence-corrected chi connectivity index (χ1v) is 5.99. The number of carbonyl (C=O) groups is 1. The van der Waals surface area contributed by atoms with Crippen LogP contribution in [0.3, 0.4) is 0 Å². The summed E-state index contributed by atoms with van der Waals surface area (Å²) in [5.74, 6) is 0.881. The van der Waals surface area contributed by atoms with E-state index in [2.05, 4.69) is 13.0 Å². The summed E-state index contributed by atoms with van der Waals surface area (Å²) in [4.78, 5) is 12.1. The van der Waals surface area contributed by atoms with Crippen LogP contribution in [0, 0.1) is 35.0 Å². The summed E-state index contributed by atoms with van der Waals surface area (Å²) < 4.78 is 0. The van der Waals surface area contributed by atoms with Gasteiger partial charge in [0.05, 0.1) is 6.07 Å². The summed E-state index contributed by atoms with van der Waals surface area (Å²) in [6.07, 6.45) is 4.27. The molecule has 1 rings (SSSR count). The Morgan fingerprint density at radius 3 is 2.20 bits per heavy atom. The molecule has 1 unspecified atom stereocenters. The van der Waals surface area contributed by atoms with Crippen molar-refractivity contribution in [2.75, 3.05) is 0 Å². The van der Waals surface area contributed by atoms with Crippen molar-refractivity contribution in [2.45, 2.75) is 46.5 Å². The minimum Gasteiger partial charge on any atom is -0.298 e. The molecule has 1 aliphatic carbocycles. The first-order valence-electron chi connectivity index (χ1n) is 5.99. The predicted molar refractivity (Wildman–Crippen MR) is 60.1 cm³/mol. The maximum absolute atomic E-state index is 12.1. The molecule has 1 aliphatic rings. The smallest absolute Gasteiger partial charge is 0.153 e. The van der Waals surface area contributed by atoms with Gasteiger partial charge in [0.1, 0.15) is 5.92 Å². The van der Waals surface area contributed by atoms with Crippen LogP contribution in [0.5, 0.6) is 0 Å². The monoisotopic (exact) mass is 207 g/mol. The Morgan fingerprint density at radius 2 is 1.80 bits per heavy atom. The molecule has 0 aromatic rings. The number of nitrogens with zero attached hydrogens (tertiary/aromatic N) is 1. The summed E-state index contributed by atoms with van der Waals surface area (Å²) in [5.41, 5.74) is 0. The summed E-state index contributed by atoms with van der Waals surface area (Å²) in [7, 11) is 0. The van der Waals surface area contributed by atoms with Gasteiger partial charge in [0.2, 0.25) is 0 Å². The van der Waals surface area contributed by atoms with E-state index >= 15 is 0 Å². The molecule has 2 nitrogen and oxygen atoms in total. The molecule has 2 heteroatoms. The maximum Gasteiger partial charge on any atom is 0.153 e. The van der Waals surface area contributed by atoms with E-state index in [1.54, 1.807) is 0 Å². The fraction of sp³-hybridized carbons (Fsp3) is 0.846. The topological polar surface area (TPSA) is 40.9 Å². The molecule has 0 aromatic carbocycles. The molecule has 84 valence electrons. The third-order valence-corrected chi connectivity index (χ3v) is 3.53. The fourth-order valence-corrected chi connectivity index (χ4v) is 2.34. The lowest BCUT2D eigenvalue weighted by Gasteiger charge is -2.27. The van der Waals surface area contributed by atoms with Gasteiger partial charge >= 0.3 is 0 Å². The Kier molecular flexibility index (Phi) is 4.32. The van der Waals surface area contributed by atoms with Crippen molar-refractivity contribution >= 4 is 5.78 Å². The van der Waals surface area contributed by atoms with Gasteiger partial charge in [0, 0.05) is 5.92 Å². The highest BCUT2D eigenvalue weighted by molar-refractivity contribution is 5.85. The van der Waals surface area contributed by atoms with Crippen molar-refractivity contribution in [1.82, 2.24) is 0 Å². The summed E-state index contributed by atoms with van der Waals surface area (Å²) in [5, 5.41) is 8.98. The SMILES string of the molecule is CC1CCC(C(=O)C(C#N)C(C)C)CC1. The van der Waals surface area contributed by atoms with Crippen molar-refractivity contribution in [2.24, 2.45) is 23.7 Å². The van der Waals surface area contributed by atoms with Gasteiger partial charge in [0.15, 0.2) is 5.78 Å². The molecule has 0 saturated heterocycles. The lowest BCUT2D eigenvalue weighted by atomic mass is 9.76. The zero-order chi connectivity index (χ0) is 11.4. The van der Waals surface area contributed by atoms with Crippen molar-refractivity contribution in [3.63, 3.8) is 0 Å². The second kappa shape index (κ2) is 5.30. The van der Waals surface area contributed by atoms with Gasteiger partial charge in [-0.05, 0) is 24.7 Å². The van der Waals surface area contributed by atoms with E-state index in [0.717, 1.165) is 31.6 Å². The van der Waals surface area contributed by atoms with Gasteiger partial charge in [-0.25, -0.2) is 0 Å². The highest BCUT2D eigenvalue weighted by atomic mass is 16.1. The van der Waals surface area contributed by atoms with E-state index < -0.39 is 0 Å². The Labute approximate surface area is 92.7 Å². The van der Waals surface area contributed by atoms with Gasteiger partial charge in [-0.3, -0.25) is 4.79 Å². The Morgan fingerprint density at radius 1 is 1.27 bits per heavy atom. The van der Waals surface area contributed by atoms with Crippen molar-refractivity contribution < 1.29 is 4.79 Å². The Hall–Kier alpha value is -0.840. The van der Waals surface area contributed by atoms with Crippen LogP contribution in [0.1, 0.15) is 46.5 Å². The summed E-state index contributed by atoms with van der Waals surface area (Å²) >= 11 is 0. The maximum atomic E-state index is 12.1. The van der Waals surface area contributed by atoms with Crippen LogP contribution in [0.25, 0.3) is 0 Å². The Bertz CT molecular complexity index is 256. The second-order valence-electron chi connectivity index (χ2n) is 5.21. The van der Waals surface area contributed by atoms with Crippen LogP contribution in [0.4, 0.5) is 0 Å². The zero-order valence-electron chi connectivity index (χ0n) is 9.99. The van der Waals surface area contributed by atoms with Crippen LogP contribution in [0.2, 0.25) is 0 Å². The van der Waals surface area contributed by atoms with Crippen LogP contribution in [0.15, 0.2) is 0 Å². The van der Waals surface area contributed by atoms with Crippen LogP contribution in [-0.4, -0.2) is 5.78 Å². The first-order chi connectivity index (χ1) is 7.06. The molecule has 0 amide bonds. The molecule has 15 heavy (non-hydrogen) atoms. The van der Waals surface area contributed by atoms with Crippen LogP contribution in [-0.2, 0) is 4.79 Å². The van der Waals surface area contributed by atoms with Gasteiger partial charge < -0.3 is 0 Å². The molecule has 0 N–H and O–H groups in total. The molecule has 1 fully saturated rings. The molecular weight excluding hydrogens is 186 g/mol. The third kappa shape index (κ3) is 3.06. The number of rotatable bonds is 3. The van der Waals surface area contributed by atoms with Gasteiger partial charge in [-0.15, -0.1) is 0 Å². The molecule has 0 bridgehead atoms.